The molecule has 0 unspecified atom stereocenters. The molecule has 6 heavy (non-hydrogen) atoms. The molecule has 34 valence electrons. The number of nitrogens with one attached hydrogen (secondary N) is 1. The van der Waals surface area contributed by atoms with Crippen molar-refractivity contribution in [2.24, 2.45) is 0 Å². The summed E-state index contributed by atoms with van der Waals surface area (Å²) in [6.07, 6.45) is 3.39. The Morgan fingerprint density at radius 1 is 1.83 bits per heavy atom. The lowest BCUT2D eigenvalue weighted by Crippen LogP contribution is -1.68. The maximum Gasteiger partial charge on any atom is 0.0836 e. The van der Waals surface area contributed by atoms with Crippen molar-refractivity contribution in [1.82, 2.24) is 0 Å². The van der Waals surface area contributed by atoms with Gasteiger partial charge < -0.3 is 0 Å². The number of allylic oxidation sites excluding steroid dienone is 1. The van der Waals surface area contributed by atoms with Crippen LogP contribution >= 0.6 is 12.6 Å². The molecule has 0 rings (SSSR count). The van der Waals surface area contributed by atoms with Gasteiger partial charge in [0.25, 0.3) is 0 Å². The van der Waals surface area contributed by atoms with Gasteiger partial charge in [0.15, 0.2) is 0 Å². The van der Waals surface area contributed by atoms with Crippen molar-refractivity contribution in [3.05, 3.63) is 12.2 Å². The second-order valence-electron chi connectivity index (χ2n) is 0.885. The quantitative estimate of drug-likeness (QED) is 0.284. The second kappa shape index (κ2) is 2.97. The molecule has 0 aliphatic rings. The molecular weight excluding hydrogens is 94.1 g/mol. The number of hydrogen-bond acceptors (Lipinski definition) is 1. The average Bonchev–Trinajstić information content (AvgIpc) is 1.35. The number of hydrogen-bond donors (Lipinski definition) is 2. The van der Waals surface area contributed by atoms with E-state index in [9.17, 15) is 0 Å². The maximum atomic E-state index is 6.67. The van der Waals surface area contributed by atoms with E-state index in [1.807, 2.05) is 6.92 Å². The Bertz CT molecular complexity index is 75.6. The highest BCUT2D eigenvalue weighted by Gasteiger charge is 1.68. The SMILES string of the molecule is CC=CC(=N)S. The third-order valence-electron chi connectivity index (χ3n) is 0.325. The average molecular weight is 101 g/mol. The third-order valence-corrected chi connectivity index (χ3v) is 0.474. The van der Waals surface area contributed by atoms with E-state index in [2.05, 4.69) is 12.6 Å². The lowest BCUT2D eigenvalue weighted by atomic mass is 10.6. The molecule has 1 N–H and O–H groups in total. The van der Waals surface area contributed by atoms with Crippen LogP contribution in [0.5, 0.6) is 0 Å². The monoisotopic (exact) mass is 101 g/mol. The highest BCUT2D eigenvalue weighted by atomic mass is 32.1. The van der Waals surface area contributed by atoms with Crippen molar-refractivity contribution in [1.29, 1.82) is 5.41 Å². The molecule has 0 aliphatic heterocycles. The molecule has 0 atom stereocenters. The van der Waals surface area contributed by atoms with Gasteiger partial charge in [-0.25, -0.2) is 0 Å². The van der Waals surface area contributed by atoms with Gasteiger partial charge in [-0.05, 0) is 13.0 Å². The van der Waals surface area contributed by atoms with Gasteiger partial charge >= 0.3 is 0 Å². The molecule has 1 nitrogen and oxygen atoms in total. The standard InChI is InChI=1S/C4H7NS/c1-2-3-4(5)6/h2-3H,1H3,(H2,5,6). The largest absolute Gasteiger partial charge is 0.294 e. The molecule has 0 aromatic heterocycles. The first-order valence-electron chi connectivity index (χ1n) is 1.67. The van der Waals surface area contributed by atoms with Gasteiger partial charge in [0.1, 0.15) is 0 Å². The second-order valence-corrected chi connectivity index (χ2v) is 1.37. The Morgan fingerprint density at radius 2 is 2.33 bits per heavy atom. The first-order valence-corrected chi connectivity index (χ1v) is 2.12. The Labute approximate surface area is 43.0 Å². The van der Waals surface area contributed by atoms with Gasteiger partial charge in [0.05, 0.1) is 5.04 Å². The van der Waals surface area contributed by atoms with Crippen LogP contribution in [0, 0.1) is 5.41 Å². The fraction of sp³-hybridized carbons (Fsp3) is 0.250. The van der Waals surface area contributed by atoms with Crippen LogP contribution < -0.4 is 0 Å². The van der Waals surface area contributed by atoms with Crippen molar-refractivity contribution in [3.63, 3.8) is 0 Å². The lowest BCUT2D eigenvalue weighted by molar-refractivity contribution is 1.56. The zero-order valence-electron chi connectivity index (χ0n) is 3.60. The zero-order chi connectivity index (χ0) is 4.99. The Kier molecular flexibility index (Phi) is 2.85. The fourth-order valence-corrected chi connectivity index (χ4v) is 0.307. The molecule has 0 saturated carbocycles. The molecule has 0 aromatic rings. The predicted molar refractivity (Wildman–Crippen MR) is 31.5 cm³/mol. The predicted octanol–water partition coefficient (Wildman–Crippen LogP) is 1.47. The van der Waals surface area contributed by atoms with Gasteiger partial charge in [-0.3, -0.25) is 5.41 Å². The molecule has 0 fully saturated rings. The topological polar surface area (TPSA) is 23.9 Å². The van der Waals surface area contributed by atoms with Crippen LogP contribution in [0.2, 0.25) is 0 Å². The van der Waals surface area contributed by atoms with E-state index in [4.69, 9.17) is 5.41 Å². The van der Waals surface area contributed by atoms with E-state index in [1.54, 1.807) is 12.2 Å². The Hall–Kier alpha value is -0.240. The molecule has 0 spiro atoms. The van der Waals surface area contributed by atoms with Crippen molar-refractivity contribution in [2.75, 3.05) is 0 Å². The molecule has 0 amide bonds. The van der Waals surface area contributed by atoms with Crippen LogP contribution in [0.25, 0.3) is 0 Å². The van der Waals surface area contributed by atoms with Crippen LogP contribution in [0.3, 0.4) is 0 Å². The summed E-state index contributed by atoms with van der Waals surface area (Å²) < 4.78 is 0. The summed E-state index contributed by atoms with van der Waals surface area (Å²) in [7, 11) is 0. The highest BCUT2D eigenvalue weighted by molar-refractivity contribution is 7.97. The van der Waals surface area contributed by atoms with E-state index in [-0.39, 0.29) is 0 Å². The van der Waals surface area contributed by atoms with Crippen molar-refractivity contribution >= 4 is 17.7 Å². The van der Waals surface area contributed by atoms with Crippen LogP contribution in [-0.2, 0) is 0 Å². The number of thiol groups is 1. The summed E-state index contributed by atoms with van der Waals surface area (Å²) in [5.74, 6) is 0. The van der Waals surface area contributed by atoms with E-state index in [0.717, 1.165) is 0 Å². The van der Waals surface area contributed by atoms with Gasteiger partial charge in [0, 0.05) is 0 Å². The number of rotatable bonds is 1. The Morgan fingerprint density at radius 3 is 2.33 bits per heavy atom. The highest BCUT2D eigenvalue weighted by Crippen LogP contribution is 1.78. The summed E-state index contributed by atoms with van der Waals surface area (Å²) in [5.41, 5.74) is 0. The van der Waals surface area contributed by atoms with E-state index in [0.29, 0.717) is 5.04 Å². The van der Waals surface area contributed by atoms with E-state index >= 15 is 0 Å². The summed E-state index contributed by atoms with van der Waals surface area (Å²) >= 11 is 3.67. The molecule has 0 aromatic carbocycles. The molecule has 0 saturated heterocycles. The molecule has 0 heterocycles. The molecular formula is C4H7NS. The molecule has 0 radical (unpaired) electrons. The minimum absolute atomic E-state index is 0.303. The van der Waals surface area contributed by atoms with Gasteiger partial charge in [-0.2, -0.15) is 0 Å². The first-order chi connectivity index (χ1) is 2.77. The van der Waals surface area contributed by atoms with Gasteiger partial charge in [-0.15, -0.1) is 12.6 Å². The van der Waals surface area contributed by atoms with Crippen LogP contribution in [-0.4, -0.2) is 5.04 Å². The zero-order valence-corrected chi connectivity index (χ0v) is 4.50. The summed E-state index contributed by atoms with van der Waals surface area (Å²) in [5, 5.41) is 6.97. The molecule has 2 heteroatoms. The van der Waals surface area contributed by atoms with Crippen molar-refractivity contribution in [2.45, 2.75) is 6.92 Å². The fourth-order valence-electron chi connectivity index (χ4n) is 0.158. The van der Waals surface area contributed by atoms with Crippen LogP contribution in [0.1, 0.15) is 6.92 Å². The van der Waals surface area contributed by atoms with Crippen LogP contribution in [0.4, 0.5) is 0 Å². The molecule has 0 aliphatic carbocycles. The van der Waals surface area contributed by atoms with Gasteiger partial charge in [-0.1, -0.05) is 6.08 Å². The van der Waals surface area contributed by atoms with E-state index < -0.39 is 0 Å². The first kappa shape index (κ1) is 5.76. The third kappa shape index (κ3) is 3.76. The minimum atomic E-state index is 0.303. The van der Waals surface area contributed by atoms with Crippen LogP contribution in [0.15, 0.2) is 12.2 Å². The van der Waals surface area contributed by atoms with E-state index in [1.165, 1.54) is 0 Å². The normalized spacial score (nSPS) is 9.67. The summed E-state index contributed by atoms with van der Waals surface area (Å²) in [6, 6.07) is 0. The van der Waals surface area contributed by atoms with Gasteiger partial charge in [0.2, 0.25) is 0 Å². The maximum absolute atomic E-state index is 6.67. The minimum Gasteiger partial charge on any atom is -0.294 e. The van der Waals surface area contributed by atoms with Crippen molar-refractivity contribution in [3.8, 4) is 0 Å². The Balaban J connectivity index is 3.30. The smallest absolute Gasteiger partial charge is 0.0836 e. The lowest BCUT2D eigenvalue weighted by Gasteiger charge is -1.72. The summed E-state index contributed by atoms with van der Waals surface area (Å²) in [6.45, 7) is 1.85. The summed E-state index contributed by atoms with van der Waals surface area (Å²) in [4.78, 5) is 0. The van der Waals surface area contributed by atoms with Crippen molar-refractivity contribution < 1.29 is 0 Å². The molecule has 0 bridgehead atoms.